The predicted octanol–water partition coefficient (Wildman–Crippen LogP) is 4.20. The molecule has 0 amide bonds. The quantitative estimate of drug-likeness (QED) is 0.553. The highest BCUT2D eigenvalue weighted by atomic mass is 16.5. The summed E-state index contributed by atoms with van der Waals surface area (Å²) < 4.78 is 16.1. The summed E-state index contributed by atoms with van der Waals surface area (Å²) >= 11 is 0. The summed E-state index contributed by atoms with van der Waals surface area (Å²) in [6.45, 7) is 2.57. The van der Waals surface area contributed by atoms with Crippen LogP contribution in [-0.2, 0) is 0 Å². The first-order valence-electron chi connectivity index (χ1n) is 8.54. The molecule has 2 aromatic carbocycles. The SMILES string of the molecule is CCOc1ccc(-c2noc(-c3cc(-c4cccc(OC)c4)n[nH]3)n2)cc1. The lowest BCUT2D eigenvalue weighted by Crippen LogP contribution is -1.90. The highest BCUT2D eigenvalue weighted by Gasteiger charge is 2.14. The van der Waals surface area contributed by atoms with Crippen LogP contribution in [0.5, 0.6) is 11.5 Å². The summed E-state index contributed by atoms with van der Waals surface area (Å²) in [5.74, 6) is 2.46. The number of aromatic amines is 1. The van der Waals surface area contributed by atoms with Crippen molar-refractivity contribution >= 4 is 0 Å². The van der Waals surface area contributed by atoms with Gasteiger partial charge in [-0.1, -0.05) is 17.3 Å². The zero-order valence-electron chi connectivity index (χ0n) is 15.0. The van der Waals surface area contributed by atoms with Gasteiger partial charge >= 0.3 is 0 Å². The molecule has 0 saturated carbocycles. The second-order valence-electron chi connectivity index (χ2n) is 5.78. The Morgan fingerprint density at radius 2 is 1.85 bits per heavy atom. The Balaban J connectivity index is 1.57. The van der Waals surface area contributed by atoms with E-state index in [0.717, 1.165) is 28.3 Å². The summed E-state index contributed by atoms with van der Waals surface area (Å²) in [6.07, 6.45) is 0. The second kappa shape index (κ2) is 7.33. The third kappa shape index (κ3) is 3.52. The van der Waals surface area contributed by atoms with Crippen molar-refractivity contribution in [1.82, 2.24) is 20.3 Å². The van der Waals surface area contributed by atoms with Gasteiger partial charge in [-0.15, -0.1) is 0 Å². The lowest BCUT2D eigenvalue weighted by molar-refractivity contribution is 0.340. The van der Waals surface area contributed by atoms with E-state index in [1.54, 1.807) is 7.11 Å². The summed E-state index contributed by atoms with van der Waals surface area (Å²) in [4.78, 5) is 4.45. The lowest BCUT2D eigenvalue weighted by Gasteiger charge is -2.02. The van der Waals surface area contributed by atoms with E-state index >= 15 is 0 Å². The Bertz CT molecular complexity index is 1040. The van der Waals surface area contributed by atoms with Crippen LogP contribution in [0.4, 0.5) is 0 Å². The minimum atomic E-state index is 0.375. The first-order chi connectivity index (χ1) is 13.3. The molecule has 0 atom stereocenters. The number of hydrogen-bond acceptors (Lipinski definition) is 6. The smallest absolute Gasteiger partial charge is 0.276 e. The van der Waals surface area contributed by atoms with Gasteiger partial charge in [0.1, 0.15) is 17.2 Å². The van der Waals surface area contributed by atoms with Gasteiger partial charge < -0.3 is 14.0 Å². The number of H-pyrrole nitrogens is 1. The van der Waals surface area contributed by atoms with Crippen LogP contribution in [0.2, 0.25) is 0 Å². The van der Waals surface area contributed by atoms with E-state index in [1.807, 2.05) is 61.5 Å². The minimum Gasteiger partial charge on any atom is -0.497 e. The molecule has 2 aromatic heterocycles. The molecule has 2 heterocycles. The van der Waals surface area contributed by atoms with Crippen molar-refractivity contribution < 1.29 is 14.0 Å². The van der Waals surface area contributed by atoms with Crippen LogP contribution in [0, 0.1) is 0 Å². The van der Waals surface area contributed by atoms with Crippen LogP contribution >= 0.6 is 0 Å². The van der Waals surface area contributed by atoms with Crippen molar-refractivity contribution in [1.29, 1.82) is 0 Å². The average Bonchev–Trinajstić information content (AvgIpc) is 3.39. The number of rotatable bonds is 6. The molecule has 1 N–H and O–H groups in total. The summed E-state index contributed by atoms with van der Waals surface area (Å²) in [5, 5.41) is 11.3. The molecule has 27 heavy (non-hydrogen) atoms. The van der Waals surface area contributed by atoms with Crippen LogP contribution < -0.4 is 9.47 Å². The molecule has 0 fully saturated rings. The first kappa shape index (κ1) is 16.8. The zero-order valence-corrected chi connectivity index (χ0v) is 15.0. The fourth-order valence-corrected chi connectivity index (χ4v) is 2.68. The Labute approximate surface area is 156 Å². The second-order valence-corrected chi connectivity index (χ2v) is 5.78. The molecular formula is C20H18N4O3. The number of nitrogens with one attached hydrogen (secondary N) is 1. The maximum atomic E-state index is 5.45. The Morgan fingerprint density at radius 3 is 2.63 bits per heavy atom. The van der Waals surface area contributed by atoms with Gasteiger partial charge in [-0.2, -0.15) is 10.1 Å². The van der Waals surface area contributed by atoms with Crippen LogP contribution in [0.3, 0.4) is 0 Å². The first-order valence-corrected chi connectivity index (χ1v) is 8.54. The topological polar surface area (TPSA) is 86.1 Å². The van der Waals surface area contributed by atoms with Crippen molar-refractivity contribution in [2.45, 2.75) is 6.92 Å². The normalized spacial score (nSPS) is 10.7. The molecule has 0 spiro atoms. The fourth-order valence-electron chi connectivity index (χ4n) is 2.68. The van der Waals surface area contributed by atoms with Gasteiger partial charge in [0.05, 0.1) is 19.4 Å². The fraction of sp³-hybridized carbons (Fsp3) is 0.150. The number of ether oxygens (including phenoxy) is 2. The van der Waals surface area contributed by atoms with E-state index in [2.05, 4.69) is 20.3 Å². The van der Waals surface area contributed by atoms with E-state index < -0.39 is 0 Å². The average molecular weight is 362 g/mol. The maximum Gasteiger partial charge on any atom is 0.276 e. The van der Waals surface area contributed by atoms with Gasteiger partial charge in [0, 0.05) is 11.1 Å². The van der Waals surface area contributed by atoms with E-state index in [-0.39, 0.29) is 0 Å². The van der Waals surface area contributed by atoms with Gasteiger partial charge in [-0.25, -0.2) is 0 Å². The number of aromatic nitrogens is 4. The van der Waals surface area contributed by atoms with Crippen LogP contribution in [0.25, 0.3) is 34.2 Å². The van der Waals surface area contributed by atoms with Crippen molar-refractivity contribution in [3.05, 3.63) is 54.6 Å². The Hall–Kier alpha value is -3.61. The summed E-state index contributed by atoms with van der Waals surface area (Å²) in [5.41, 5.74) is 3.20. The molecule has 0 aliphatic heterocycles. The molecular weight excluding hydrogens is 344 g/mol. The van der Waals surface area contributed by atoms with Crippen molar-refractivity contribution in [2.75, 3.05) is 13.7 Å². The van der Waals surface area contributed by atoms with Crippen molar-refractivity contribution in [3.8, 4) is 45.7 Å². The molecule has 0 aliphatic rings. The largest absolute Gasteiger partial charge is 0.497 e. The van der Waals surface area contributed by atoms with E-state index in [9.17, 15) is 0 Å². The highest BCUT2D eigenvalue weighted by molar-refractivity contribution is 5.66. The van der Waals surface area contributed by atoms with Gasteiger partial charge in [0.2, 0.25) is 5.82 Å². The minimum absolute atomic E-state index is 0.375. The standard InChI is InChI=1S/C20H18N4O3/c1-3-26-15-9-7-13(8-10-15)19-21-20(27-24-19)18-12-17(22-23-18)14-5-4-6-16(11-14)25-2/h4-12H,3H2,1-2H3,(H,22,23). The van der Waals surface area contributed by atoms with E-state index in [0.29, 0.717) is 24.0 Å². The molecule has 7 heteroatoms. The molecule has 0 radical (unpaired) electrons. The van der Waals surface area contributed by atoms with Gasteiger partial charge in [0.25, 0.3) is 5.89 Å². The maximum absolute atomic E-state index is 5.45. The summed E-state index contributed by atoms with van der Waals surface area (Å²) in [6, 6.07) is 17.1. The number of methoxy groups -OCH3 is 1. The third-order valence-corrected chi connectivity index (χ3v) is 4.02. The van der Waals surface area contributed by atoms with Gasteiger partial charge in [0.15, 0.2) is 0 Å². The van der Waals surface area contributed by atoms with E-state index in [1.165, 1.54) is 0 Å². The molecule has 0 saturated heterocycles. The van der Waals surface area contributed by atoms with E-state index in [4.69, 9.17) is 14.0 Å². The predicted molar refractivity (Wildman–Crippen MR) is 100 cm³/mol. The third-order valence-electron chi connectivity index (χ3n) is 4.02. The monoisotopic (exact) mass is 362 g/mol. The van der Waals surface area contributed by atoms with Crippen molar-refractivity contribution in [3.63, 3.8) is 0 Å². The van der Waals surface area contributed by atoms with Gasteiger partial charge in [-0.05, 0) is 49.4 Å². The number of hydrogen-bond donors (Lipinski definition) is 1. The molecule has 4 rings (SSSR count). The zero-order chi connectivity index (χ0) is 18.6. The number of nitrogens with zero attached hydrogens (tertiary/aromatic N) is 3. The van der Waals surface area contributed by atoms with Crippen LogP contribution in [0.1, 0.15) is 6.92 Å². The Morgan fingerprint density at radius 1 is 1.00 bits per heavy atom. The van der Waals surface area contributed by atoms with Crippen LogP contribution in [-0.4, -0.2) is 34.1 Å². The molecule has 136 valence electrons. The molecule has 0 unspecified atom stereocenters. The Kier molecular flexibility index (Phi) is 4.57. The summed E-state index contributed by atoms with van der Waals surface area (Å²) in [7, 11) is 1.63. The molecule has 0 bridgehead atoms. The van der Waals surface area contributed by atoms with Gasteiger partial charge in [-0.3, -0.25) is 5.10 Å². The highest BCUT2D eigenvalue weighted by Crippen LogP contribution is 2.27. The van der Waals surface area contributed by atoms with Crippen LogP contribution in [0.15, 0.2) is 59.1 Å². The number of benzene rings is 2. The molecule has 0 aliphatic carbocycles. The van der Waals surface area contributed by atoms with Crippen molar-refractivity contribution in [2.24, 2.45) is 0 Å². The molecule has 7 nitrogen and oxygen atoms in total. The molecule has 4 aromatic rings. The lowest BCUT2D eigenvalue weighted by atomic mass is 10.1.